The zero-order valence-electron chi connectivity index (χ0n) is 12.1. The zero-order valence-corrected chi connectivity index (χ0v) is 13.7. The van der Waals surface area contributed by atoms with Crippen LogP contribution in [0.2, 0.25) is 0 Å². The lowest BCUT2D eigenvalue weighted by molar-refractivity contribution is -0.908. The van der Waals surface area contributed by atoms with Gasteiger partial charge in [0.25, 0.3) is 5.91 Å². The summed E-state index contributed by atoms with van der Waals surface area (Å²) in [5, 5.41) is 2.89. The van der Waals surface area contributed by atoms with Crippen LogP contribution in [0.5, 0.6) is 5.75 Å². The Kier molecular flexibility index (Phi) is 6.99. The van der Waals surface area contributed by atoms with Crippen LogP contribution < -0.4 is 15.0 Å². The third-order valence-electron chi connectivity index (χ3n) is 3.42. The van der Waals surface area contributed by atoms with Crippen LogP contribution in [-0.4, -0.2) is 51.9 Å². The standard InChI is InChI=1S/C15H21BrN2O3/c16-13-4-1-2-5-14(13)21-12-15(19)17-6-3-7-18-8-10-20-11-9-18/h1-2,4-5H,3,6-12H2,(H,17,19)/p+1. The number of halogens is 1. The fraction of sp³-hybridized carbons (Fsp3) is 0.533. The van der Waals surface area contributed by atoms with Crippen LogP contribution in [0.4, 0.5) is 0 Å². The molecule has 0 bridgehead atoms. The molecule has 0 unspecified atom stereocenters. The van der Waals surface area contributed by atoms with E-state index in [0.29, 0.717) is 12.3 Å². The lowest BCUT2D eigenvalue weighted by Gasteiger charge is -2.23. The van der Waals surface area contributed by atoms with Crippen molar-refractivity contribution in [2.75, 3.05) is 46.0 Å². The predicted octanol–water partition coefficient (Wildman–Crippen LogP) is 0.249. The van der Waals surface area contributed by atoms with Crippen LogP contribution in [0.3, 0.4) is 0 Å². The van der Waals surface area contributed by atoms with Gasteiger partial charge in [0.1, 0.15) is 18.8 Å². The molecule has 21 heavy (non-hydrogen) atoms. The van der Waals surface area contributed by atoms with Gasteiger partial charge in [-0.1, -0.05) is 12.1 Å². The summed E-state index contributed by atoms with van der Waals surface area (Å²) in [5.41, 5.74) is 0. The highest BCUT2D eigenvalue weighted by atomic mass is 79.9. The molecule has 1 aliphatic heterocycles. The number of carbonyl (C=O) groups is 1. The van der Waals surface area contributed by atoms with Gasteiger partial charge in [-0.15, -0.1) is 0 Å². The maximum absolute atomic E-state index is 11.7. The maximum Gasteiger partial charge on any atom is 0.257 e. The number of benzene rings is 1. The summed E-state index contributed by atoms with van der Waals surface area (Å²) in [7, 11) is 0. The molecular weight excluding hydrogens is 336 g/mol. The molecule has 0 atom stereocenters. The van der Waals surface area contributed by atoms with E-state index in [1.54, 1.807) is 4.90 Å². The van der Waals surface area contributed by atoms with Crippen molar-refractivity contribution in [3.63, 3.8) is 0 Å². The Hall–Kier alpha value is -1.11. The minimum atomic E-state index is -0.0808. The third-order valence-corrected chi connectivity index (χ3v) is 4.08. The molecule has 2 rings (SSSR count). The van der Waals surface area contributed by atoms with Crippen LogP contribution in [0.1, 0.15) is 6.42 Å². The largest absolute Gasteiger partial charge is 0.483 e. The number of nitrogens with one attached hydrogen (secondary N) is 2. The SMILES string of the molecule is O=C(COc1ccccc1Br)NCCC[NH+]1CCOCC1. The average Bonchev–Trinajstić information content (AvgIpc) is 2.52. The fourth-order valence-electron chi connectivity index (χ4n) is 2.23. The van der Waals surface area contributed by atoms with Crippen molar-refractivity contribution in [1.82, 2.24) is 5.32 Å². The highest BCUT2D eigenvalue weighted by Gasteiger charge is 2.13. The van der Waals surface area contributed by atoms with Crippen molar-refractivity contribution in [1.29, 1.82) is 0 Å². The van der Waals surface area contributed by atoms with Gasteiger partial charge in [-0.2, -0.15) is 0 Å². The third kappa shape index (κ3) is 6.03. The molecule has 1 aliphatic rings. The number of morpholine rings is 1. The van der Waals surface area contributed by atoms with Gasteiger partial charge in [0, 0.05) is 13.0 Å². The number of carbonyl (C=O) groups excluding carboxylic acids is 1. The van der Waals surface area contributed by atoms with Crippen molar-refractivity contribution in [2.24, 2.45) is 0 Å². The summed E-state index contributed by atoms with van der Waals surface area (Å²) >= 11 is 3.38. The van der Waals surface area contributed by atoms with Gasteiger partial charge in [0.2, 0.25) is 0 Å². The van der Waals surface area contributed by atoms with E-state index in [1.807, 2.05) is 24.3 Å². The van der Waals surface area contributed by atoms with E-state index in [9.17, 15) is 4.79 Å². The second kappa shape index (κ2) is 9.02. The van der Waals surface area contributed by atoms with E-state index >= 15 is 0 Å². The Bertz CT molecular complexity index is 450. The molecule has 1 aromatic carbocycles. The molecule has 1 heterocycles. The second-order valence-corrected chi connectivity index (χ2v) is 5.89. The highest BCUT2D eigenvalue weighted by molar-refractivity contribution is 9.10. The van der Waals surface area contributed by atoms with Crippen LogP contribution in [0.25, 0.3) is 0 Å². The summed E-state index contributed by atoms with van der Waals surface area (Å²) in [5.74, 6) is 0.605. The molecule has 0 spiro atoms. The van der Waals surface area contributed by atoms with Gasteiger partial charge in [-0.25, -0.2) is 0 Å². The average molecular weight is 358 g/mol. The Morgan fingerprint density at radius 1 is 1.33 bits per heavy atom. The van der Waals surface area contributed by atoms with Crippen molar-refractivity contribution in [2.45, 2.75) is 6.42 Å². The molecular formula is C15H22BrN2O3+. The first-order valence-electron chi connectivity index (χ1n) is 7.31. The lowest BCUT2D eigenvalue weighted by Crippen LogP contribution is -3.14. The van der Waals surface area contributed by atoms with Crippen LogP contribution in [0, 0.1) is 0 Å². The number of hydrogen-bond acceptors (Lipinski definition) is 3. The lowest BCUT2D eigenvalue weighted by atomic mass is 10.3. The van der Waals surface area contributed by atoms with Gasteiger partial charge in [0.05, 0.1) is 24.2 Å². The zero-order chi connectivity index (χ0) is 14.9. The molecule has 0 aromatic heterocycles. The Labute approximate surface area is 133 Å². The molecule has 1 amide bonds. The smallest absolute Gasteiger partial charge is 0.257 e. The number of quaternary nitrogens is 1. The molecule has 1 aromatic rings. The summed E-state index contributed by atoms with van der Waals surface area (Å²) in [6, 6.07) is 7.51. The van der Waals surface area contributed by atoms with E-state index in [4.69, 9.17) is 9.47 Å². The molecule has 116 valence electrons. The van der Waals surface area contributed by atoms with E-state index in [0.717, 1.165) is 43.7 Å². The predicted molar refractivity (Wildman–Crippen MR) is 83.6 cm³/mol. The Balaban J connectivity index is 1.56. The Morgan fingerprint density at radius 2 is 2.10 bits per heavy atom. The quantitative estimate of drug-likeness (QED) is 0.687. The normalized spacial score (nSPS) is 15.7. The van der Waals surface area contributed by atoms with E-state index < -0.39 is 0 Å². The fourth-order valence-corrected chi connectivity index (χ4v) is 2.63. The molecule has 2 N–H and O–H groups in total. The van der Waals surface area contributed by atoms with Crippen molar-refractivity contribution in [3.05, 3.63) is 28.7 Å². The van der Waals surface area contributed by atoms with Crippen LogP contribution >= 0.6 is 15.9 Å². The summed E-state index contributed by atoms with van der Waals surface area (Å²) in [4.78, 5) is 13.3. The molecule has 0 radical (unpaired) electrons. The first-order valence-corrected chi connectivity index (χ1v) is 8.10. The molecule has 5 nitrogen and oxygen atoms in total. The molecule has 0 saturated carbocycles. The van der Waals surface area contributed by atoms with Crippen molar-refractivity contribution >= 4 is 21.8 Å². The minimum absolute atomic E-state index is 0.0486. The molecule has 1 fully saturated rings. The van der Waals surface area contributed by atoms with Crippen LogP contribution in [0.15, 0.2) is 28.7 Å². The summed E-state index contributed by atoms with van der Waals surface area (Å²) in [6.45, 7) is 5.66. The first kappa shape index (κ1) is 16.3. The maximum atomic E-state index is 11.7. The van der Waals surface area contributed by atoms with Crippen LogP contribution in [-0.2, 0) is 9.53 Å². The van der Waals surface area contributed by atoms with E-state index in [1.165, 1.54) is 0 Å². The van der Waals surface area contributed by atoms with Gasteiger partial charge in [0.15, 0.2) is 6.61 Å². The Morgan fingerprint density at radius 3 is 2.86 bits per heavy atom. The number of ether oxygens (including phenoxy) is 2. The van der Waals surface area contributed by atoms with Gasteiger partial charge < -0.3 is 19.7 Å². The second-order valence-electron chi connectivity index (χ2n) is 5.03. The van der Waals surface area contributed by atoms with Crippen molar-refractivity contribution < 1.29 is 19.2 Å². The molecule has 1 saturated heterocycles. The van der Waals surface area contributed by atoms with Gasteiger partial charge in [-0.05, 0) is 28.1 Å². The monoisotopic (exact) mass is 357 g/mol. The highest BCUT2D eigenvalue weighted by Crippen LogP contribution is 2.23. The first-order chi connectivity index (χ1) is 10.3. The molecule has 0 aliphatic carbocycles. The van der Waals surface area contributed by atoms with Crippen molar-refractivity contribution in [3.8, 4) is 5.75 Å². The van der Waals surface area contributed by atoms with Gasteiger partial charge >= 0.3 is 0 Å². The van der Waals surface area contributed by atoms with E-state index in [2.05, 4.69) is 21.2 Å². The van der Waals surface area contributed by atoms with Gasteiger partial charge in [-0.3, -0.25) is 4.79 Å². The molecule has 6 heteroatoms. The minimum Gasteiger partial charge on any atom is -0.483 e. The van der Waals surface area contributed by atoms with E-state index in [-0.39, 0.29) is 12.5 Å². The topological polar surface area (TPSA) is 52.0 Å². The summed E-state index contributed by atoms with van der Waals surface area (Å²) in [6.07, 6.45) is 0.982. The number of amides is 1. The number of para-hydroxylation sites is 1. The number of rotatable bonds is 7. The summed E-state index contributed by atoms with van der Waals surface area (Å²) < 4.78 is 11.6. The number of hydrogen-bond donors (Lipinski definition) is 2.